The molecule has 2 heterocycles. The maximum atomic E-state index is 15.7. The predicted octanol–water partition coefficient (Wildman–Crippen LogP) is 4.37. The highest BCUT2D eigenvalue weighted by atomic mass is 35.5. The standard InChI is InChI=1S/C23H22ClF5N4O3/c1-3-32-19(11-34)30-33(22(32)35)17-9-18(36-12(2)23(27,28)29)21-13(20(17)26)7-8-31(21)10-14-15(24)5-4-6-16(14)25/h4-6,9,12,34H,3,7-8,10-11H2,1-2H3/t12-/m1/s1. The van der Waals surface area contributed by atoms with Gasteiger partial charge >= 0.3 is 11.9 Å². The first-order chi connectivity index (χ1) is 17.0. The van der Waals surface area contributed by atoms with E-state index in [1.54, 1.807) is 6.92 Å². The highest BCUT2D eigenvalue weighted by Gasteiger charge is 2.40. The molecule has 1 aliphatic rings. The second-order valence-electron chi connectivity index (χ2n) is 8.22. The molecule has 0 spiro atoms. The quantitative estimate of drug-likeness (QED) is 0.458. The van der Waals surface area contributed by atoms with Crippen molar-refractivity contribution >= 4 is 17.3 Å². The van der Waals surface area contributed by atoms with Gasteiger partial charge in [-0.25, -0.2) is 13.6 Å². The maximum absolute atomic E-state index is 15.7. The maximum Gasteiger partial charge on any atom is 0.425 e. The Morgan fingerprint density at radius 1 is 1.28 bits per heavy atom. The minimum absolute atomic E-state index is 0.00664. The van der Waals surface area contributed by atoms with Crippen LogP contribution in [-0.4, -0.2) is 38.3 Å². The van der Waals surface area contributed by atoms with Crippen LogP contribution >= 0.6 is 11.6 Å². The number of nitrogens with zero attached hydrogens (tertiary/aromatic N) is 4. The number of aliphatic hydroxyl groups excluding tert-OH is 1. The summed E-state index contributed by atoms with van der Waals surface area (Å²) in [6, 6.07) is 5.05. The molecule has 1 atom stereocenters. The number of hydrogen-bond donors (Lipinski definition) is 1. The molecule has 0 bridgehead atoms. The van der Waals surface area contributed by atoms with Gasteiger partial charge in [-0.1, -0.05) is 17.7 Å². The van der Waals surface area contributed by atoms with Gasteiger partial charge in [-0.05, 0) is 32.4 Å². The van der Waals surface area contributed by atoms with Gasteiger partial charge in [0.05, 0.1) is 5.69 Å². The lowest BCUT2D eigenvalue weighted by Gasteiger charge is -2.26. The van der Waals surface area contributed by atoms with Crippen LogP contribution in [0.3, 0.4) is 0 Å². The number of alkyl halides is 3. The Morgan fingerprint density at radius 3 is 2.58 bits per heavy atom. The molecule has 0 amide bonds. The van der Waals surface area contributed by atoms with Crippen LogP contribution in [0, 0.1) is 11.6 Å². The fourth-order valence-electron chi connectivity index (χ4n) is 4.16. The Kier molecular flexibility index (Phi) is 7.02. The van der Waals surface area contributed by atoms with Gasteiger partial charge < -0.3 is 14.7 Å². The Balaban J connectivity index is 1.88. The third kappa shape index (κ3) is 4.55. The molecule has 0 fully saturated rings. The molecule has 0 aliphatic carbocycles. The Labute approximate surface area is 207 Å². The molecule has 0 saturated heterocycles. The first-order valence-electron chi connectivity index (χ1n) is 11.0. The minimum atomic E-state index is -4.73. The van der Waals surface area contributed by atoms with Gasteiger partial charge in [-0.2, -0.15) is 17.9 Å². The fraction of sp³-hybridized carbons (Fsp3) is 0.391. The van der Waals surface area contributed by atoms with Crippen LogP contribution in [0.25, 0.3) is 5.69 Å². The monoisotopic (exact) mass is 532 g/mol. The fourth-order valence-corrected chi connectivity index (χ4v) is 4.38. The van der Waals surface area contributed by atoms with E-state index in [1.165, 1.54) is 23.1 Å². The minimum Gasteiger partial charge on any atom is -0.479 e. The second kappa shape index (κ2) is 9.74. The summed E-state index contributed by atoms with van der Waals surface area (Å²) in [4.78, 5) is 14.3. The van der Waals surface area contributed by atoms with Crippen molar-refractivity contribution in [2.45, 2.75) is 52.2 Å². The number of hydrogen-bond acceptors (Lipinski definition) is 5. The Bertz CT molecular complexity index is 1330. The average Bonchev–Trinajstić information content (AvgIpc) is 3.38. The first-order valence-corrected chi connectivity index (χ1v) is 11.4. The van der Waals surface area contributed by atoms with Crippen molar-refractivity contribution in [3.05, 3.63) is 68.4 Å². The van der Waals surface area contributed by atoms with Crippen LogP contribution in [0.2, 0.25) is 5.02 Å². The van der Waals surface area contributed by atoms with Crippen LogP contribution in [-0.2, 0) is 26.1 Å². The van der Waals surface area contributed by atoms with E-state index in [9.17, 15) is 27.5 Å². The molecule has 194 valence electrons. The van der Waals surface area contributed by atoms with Crippen molar-refractivity contribution in [1.29, 1.82) is 0 Å². The number of aromatic nitrogens is 3. The molecular weight excluding hydrogens is 511 g/mol. The van der Waals surface area contributed by atoms with Crippen LogP contribution in [0.1, 0.15) is 30.8 Å². The summed E-state index contributed by atoms with van der Waals surface area (Å²) >= 11 is 6.13. The van der Waals surface area contributed by atoms with Gasteiger partial charge in [0.25, 0.3) is 0 Å². The lowest BCUT2D eigenvalue weighted by atomic mass is 10.1. The molecule has 4 rings (SSSR count). The number of anilines is 1. The molecular formula is C23H22ClF5N4O3. The van der Waals surface area contributed by atoms with Gasteiger partial charge in [0, 0.05) is 41.9 Å². The van der Waals surface area contributed by atoms with Gasteiger partial charge in [-0.3, -0.25) is 4.57 Å². The van der Waals surface area contributed by atoms with Crippen LogP contribution in [0.15, 0.2) is 29.1 Å². The molecule has 13 heteroatoms. The summed E-state index contributed by atoms with van der Waals surface area (Å²) < 4.78 is 77.3. The van der Waals surface area contributed by atoms with Gasteiger partial charge in [0.15, 0.2) is 17.7 Å². The summed E-state index contributed by atoms with van der Waals surface area (Å²) in [6.07, 6.45) is -6.95. The molecule has 3 aromatic rings. The lowest BCUT2D eigenvalue weighted by molar-refractivity contribution is -0.189. The van der Waals surface area contributed by atoms with E-state index in [0.29, 0.717) is 4.68 Å². The van der Waals surface area contributed by atoms with Crippen LogP contribution < -0.4 is 15.3 Å². The number of rotatable bonds is 7. The Morgan fingerprint density at radius 2 is 2.00 bits per heavy atom. The van der Waals surface area contributed by atoms with Gasteiger partial charge in [0.1, 0.15) is 23.9 Å². The number of halogens is 6. The first kappa shape index (κ1) is 26.0. The van der Waals surface area contributed by atoms with E-state index in [1.807, 2.05) is 0 Å². The molecule has 0 unspecified atom stereocenters. The van der Waals surface area contributed by atoms with Crippen molar-refractivity contribution in [2.75, 3.05) is 11.4 Å². The largest absolute Gasteiger partial charge is 0.479 e. The SMILES string of the molecule is CCn1c(CO)nn(-c2cc(O[C@H](C)C(F)(F)F)c3c(c2F)CCN3Cc2c(F)cccc2Cl)c1=O. The molecule has 1 aliphatic heterocycles. The van der Waals surface area contributed by atoms with Crippen LogP contribution in [0.5, 0.6) is 5.75 Å². The van der Waals surface area contributed by atoms with E-state index in [0.717, 1.165) is 17.6 Å². The number of aliphatic hydroxyl groups is 1. The van der Waals surface area contributed by atoms with E-state index < -0.39 is 41.9 Å². The normalized spacial score (nSPS) is 14.3. The van der Waals surface area contributed by atoms with Crippen molar-refractivity contribution < 1.29 is 31.8 Å². The second-order valence-corrected chi connectivity index (χ2v) is 8.63. The average molecular weight is 533 g/mol. The summed E-state index contributed by atoms with van der Waals surface area (Å²) in [5.74, 6) is -1.89. The van der Waals surface area contributed by atoms with Gasteiger partial charge in [-0.15, -0.1) is 5.10 Å². The number of fused-ring (bicyclic) bond motifs is 1. The summed E-state index contributed by atoms with van der Waals surface area (Å²) in [7, 11) is 0. The zero-order valence-electron chi connectivity index (χ0n) is 19.2. The Hall–Kier alpha value is -3.12. The summed E-state index contributed by atoms with van der Waals surface area (Å²) in [5, 5.41) is 13.6. The van der Waals surface area contributed by atoms with Crippen LogP contribution in [0.4, 0.5) is 27.6 Å². The van der Waals surface area contributed by atoms with E-state index in [-0.39, 0.29) is 59.5 Å². The van der Waals surface area contributed by atoms with Crippen molar-refractivity contribution in [3.8, 4) is 11.4 Å². The number of ether oxygens (including phenoxy) is 1. The van der Waals surface area contributed by atoms with Crippen molar-refractivity contribution in [1.82, 2.24) is 14.3 Å². The van der Waals surface area contributed by atoms with Crippen molar-refractivity contribution in [3.63, 3.8) is 0 Å². The molecule has 0 saturated carbocycles. The summed E-state index contributed by atoms with van der Waals surface area (Å²) in [5.41, 5.74) is -1.10. The highest BCUT2D eigenvalue weighted by Crippen LogP contribution is 2.44. The molecule has 1 N–H and O–H groups in total. The highest BCUT2D eigenvalue weighted by molar-refractivity contribution is 6.31. The van der Waals surface area contributed by atoms with Crippen molar-refractivity contribution in [2.24, 2.45) is 0 Å². The molecule has 1 aromatic heterocycles. The third-order valence-corrected chi connectivity index (χ3v) is 6.38. The van der Waals surface area contributed by atoms with E-state index in [2.05, 4.69) is 5.10 Å². The molecule has 2 aromatic carbocycles. The smallest absolute Gasteiger partial charge is 0.425 e. The van der Waals surface area contributed by atoms with E-state index in [4.69, 9.17) is 16.3 Å². The van der Waals surface area contributed by atoms with E-state index >= 15 is 4.39 Å². The zero-order valence-corrected chi connectivity index (χ0v) is 20.0. The number of benzene rings is 2. The summed E-state index contributed by atoms with van der Waals surface area (Å²) in [6.45, 7) is 1.94. The molecule has 0 radical (unpaired) electrons. The predicted molar refractivity (Wildman–Crippen MR) is 122 cm³/mol. The third-order valence-electron chi connectivity index (χ3n) is 6.03. The molecule has 36 heavy (non-hydrogen) atoms. The lowest BCUT2D eigenvalue weighted by Crippen LogP contribution is -2.32. The topological polar surface area (TPSA) is 72.5 Å². The van der Waals surface area contributed by atoms with Gasteiger partial charge in [0.2, 0.25) is 0 Å². The zero-order chi connectivity index (χ0) is 26.4. The molecule has 7 nitrogen and oxygen atoms in total.